The van der Waals surface area contributed by atoms with Gasteiger partial charge in [-0.15, -0.1) is 0 Å². The van der Waals surface area contributed by atoms with E-state index in [1.54, 1.807) is 10.6 Å². The highest BCUT2D eigenvalue weighted by Gasteiger charge is 2.04. The Morgan fingerprint density at radius 2 is 2.22 bits per heavy atom. The SMILES string of the molecule is Cn1cc(CNc2ccc(F)cc2Br)cc1C#N. The second kappa shape index (κ2) is 5.23. The van der Waals surface area contributed by atoms with E-state index < -0.39 is 0 Å². The molecule has 0 atom stereocenters. The van der Waals surface area contributed by atoms with Gasteiger partial charge in [-0.05, 0) is 45.8 Å². The van der Waals surface area contributed by atoms with E-state index in [0.29, 0.717) is 16.7 Å². The molecule has 0 radical (unpaired) electrons. The van der Waals surface area contributed by atoms with Crippen molar-refractivity contribution in [1.82, 2.24) is 4.57 Å². The van der Waals surface area contributed by atoms with Gasteiger partial charge in [-0.2, -0.15) is 5.26 Å². The number of aryl methyl sites for hydroxylation is 1. The second-order valence-corrected chi connectivity index (χ2v) is 4.79. The van der Waals surface area contributed by atoms with Gasteiger partial charge in [-0.25, -0.2) is 4.39 Å². The molecular formula is C13H11BrFN3. The van der Waals surface area contributed by atoms with E-state index in [2.05, 4.69) is 27.3 Å². The van der Waals surface area contributed by atoms with Crippen molar-refractivity contribution in [2.24, 2.45) is 7.05 Å². The van der Waals surface area contributed by atoms with E-state index in [1.807, 2.05) is 19.3 Å². The standard InChI is InChI=1S/C13H11BrFN3/c1-18-8-9(4-11(18)6-16)7-17-13-3-2-10(15)5-12(13)14/h2-5,8,17H,7H2,1H3. The highest BCUT2D eigenvalue weighted by atomic mass is 79.9. The minimum atomic E-state index is -0.279. The highest BCUT2D eigenvalue weighted by molar-refractivity contribution is 9.10. The van der Waals surface area contributed by atoms with E-state index in [4.69, 9.17) is 5.26 Å². The third-order valence-corrected chi connectivity index (χ3v) is 3.25. The normalized spacial score (nSPS) is 10.1. The minimum absolute atomic E-state index is 0.279. The Hall–Kier alpha value is -1.80. The van der Waals surface area contributed by atoms with Crippen LogP contribution in [-0.4, -0.2) is 4.57 Å². The third kappa shape index (κ3) is 2.71. The summed E-state index contributed by atoms with van der Waals surface area (Å²) >= 11 is 3.29. The molecule has 1 heterocycles. The van der Waals surface area contributed by atoms with Crippen LogP contribution in [0.15, 0.2) is 34.9 Å². The smallest absolute Gasteiger partial charge is 0.124 e. The van der Waals surface area contributed by atoms with E-state index in [1.165, 1.54) is 12.1 Å². The van der Waals surface area contributed by atoms with Crippen molar-refractivity contribution in [3.8, 4) is 6.07 Å². The predicted molar refractivity (Wildman–Crippen MR) is 71.6 cm³/mol. The zero-order valence-electron chi connectivity index (χ0n) is 9.74. The van der Waals surface area contributed by atoms with Crippen LogP contribution < -0.4 is 5.32 Å². The molecule has 0 aliphatic heterocycles. The average Bonchev–Trinajstić information content (AvgIpc) is 2.69. The Morgan fingerprint density at radius 1 is 1.44 bits per heavy atom. The van der Waals surface area contributed by atoms with Crippen LogP contribution in [0.2, 0.25) is 0 Å². The Morgan fingerprint density at radius 3 is 2.83 bits per heavy atom. The topological polar surface area (TPSA) is 40.8 Å². The number of benzene rings is 1. The van der Waals surface area contributed by atoms with E-state index in [0.717, 1.165) is 11.3 Å². The second-order valence-electron chi connectivity index (χ2n) is 3.93. The number of hydrogen-bond donors (Lipinski definition) is 1. The lowest BCUT2D eigenvalue weighted by Gasteiger charge is -2.07. The van der Waals surface area contributed by atoms with E-state index in [9.17, 15) is 4.39 Å². The van der Waals surface area contributed by atoms with Gasteiger partial charge in [0, 0.05) is 29.9 Å². The molecule has 18 heavy (non-hydrogen) atoms. The van der Waals surface area contributed by atoms with Gasteiger partial charge in [-0.1, -0.05) is 0 Å². The largest absolute Gasteiger partial charge is 0.380 e. The average molecular weight is 308 g/mol. The van der Waals surface area contributed by atoms with Gasteiger partial charge in [0.2, 0.25) is 0 Å². The molecule has 2 aromatic rings. The number of rotatable bonds is 3. The summed E-state index contributed by atoms with van der Waals surface area (Å²) in [6.45, 7) is 0.583. The van der Waals surface area contributed by atoms with Crippen molar-refractivity contribution in [2.75, 3.05) is 5.32 Å². The van der Waals surface area contributed by atoms with Gasteiger partial charge in [-0.3, -0.25) is 0 Å². The summed E-state index contributed by atoms with van der Waals surface area (Å²) in [5, 5.41) is 12.0. The van der Waals surface area contributed by atoms with E-state index >= 15 is 0 Å². The van der Waals surface area contributed by atoms with Gasteiger partial charge < -0.3 is 9.88 Å². The predicted octanol–water partition coefficient (Wildman–Crippen LogP) is 3.41. The zero-order chi connectivity index (χ0) is 13.1. The van der Waals surface area contributed by atoms with Gasteiger partial charge in [0.1, 0.15) is 17.6 Å². The Bertz CT molecular complexity index is 613. The number of nitrogens with zero attached hydrogens (tertiary/aromatic N) is 2. The van der Waals surface area contributed by atoms with Crippen molar-refractivity contribution in [2.45, 2.75) is 6.54 Å². The molecule has 0 saturated carbocycles. The summed E-state index contributed by atoms with van der Waals surface area (Å²) in [4.78, 5) is 0. The van der Waals surface area contributed by atoms with Crippen LogP contribution >= 0.6 is 15.9 Å². The first-order chi connectivity index (χ1) is 8.60. The molecule has 3 nitrogen and oxygen atoms in total. The number of aromatic nitrogens is 1. The van der Waals surface area contributed by atoms with Gasteiger partial charge in [0.25, 0.3) is 0 Å². The first kappa shape index (κ1) is 12.7. The summed E-state index contributed by atoms with van der Waals surface area (Å²) in [7, 11) is 1.83. The van der Waals surface area contributed by atoms with Crippen LogP contribution in [0.1, 0.15) is 11.3 Å². The number of hydrogen-bond acceptors (Lipinski definition) is 2. The molecular weight excluding hydrogens is 297 g/mol. The summed E-state index contributed by atoms with van der Waals surface area (Å²) in [6, 6.07) is 8.42. The Kier molecular flexibility index (Phi) is 3.68. The molecule has 0 aliphatic rings. The molecule has 1 aromatic heterocycles. The first-order valence-electron chi connectivity index (χ1n) is 5.34. The quantitative estimate of drug-likeness (QED) is 0.944. The number of nitriles is 1. The zero-order valence-corrected chi connectivity index (χ0v) is 11.3. The van der Waals surface area contributed by atoms with Crippen LogP contribution in [0, 0.1) is 17.1 Å². The molecule has 0 unspecified atom stereocenters. The molecule has 92 valence electrons. The molecule has 0 saturated heterocycles. The maximum atomic E-state index is 12.9. The van der Waals surface area contributed by atoms with Gasteiger partial charge in [0.15, 0.2) is 0 Å². The molecule has 1 aromatic carbocycles. The minimum Gasteiger partial charge on any atom is -0.380 e. The molecule has 0 aliphatic carbocycles. The molecule has 2 rings (SSSR count). The van der Waals surface area contributed by atoms with Crippen LogP contribution in [0.25, 0.3) is 0 Å². The summed E-state index contributed by atoms with van der Waals surface area (Å²) < 4.78 is 15.4. The van der Waals surface area contributed by atoms with Crippen molar-refractivity contribution in [3.05, 3.63) is 52.0 Å². The molecule has 0 fully saturated rings. The molecule has 0 bridgehead atoms. The van der Waals surface area contributed by atoms with Crippen molar-refractivity contribution < 1.29 is 4.39 Å². The highest BCUT2D eigenvalue weighted by Crippen LogP contribution is 2.23. The number of anilines is 1. The van der Waals surface area contributed by atoms with Crippen LogP contribution in [0.3, 0.4) is 0 Å². The first-order valence-corrected chi connectivity index (χ1v) is 6.13. The fraction of sp³-hybridized carbons (Fsp3) is 0.154. The van der Waals surface area contributed by atoms with E-state index in [-0.39, 0.29) is 5.82 Å². The lowest BCUT2D eigenvalue weighted by Crippen LogP contribution is -1.99. The van der Waals surface area contributed by atoms with Crippen molar-refractivity contribution >= 4 is 21.6 Å². The van der Waals surface area contributed by atoms with Crippen LogP contribution in [0.4, 0.5) is 10.1 Å². The summed E-state index contributed by atoms with van der Waals surface area (Å²) in [5.41, 5.74) is 2.44. The molecule has 5 heteroatoms. The fourth-order valence-corrected chi connectivity index (χ4v) is 2.16. The lowest BCUT2D eigenvalue weighted by molar-refractivity contribution is 0.627. The lowest BCUT2D eigenvalue weighted by atomic mass is 10.2. The van der Waals surface area contributed by atoms with Crippen molar-refractivity contribution in [1.29, 1.82) is 5.26 Å². The van der Waals surface area contributed by atoms with Crippen LogP contribution in [0.5, 0.6) is 0 Å². The molecule has 1 N–H and O–H groups in total. The van der Waals surface area contributed by atoms with Crippen LogP contribution in [-0.2, 0) is 13.6 Å². The summed E-state index contributed by atoms with van der Waals surface area (Å²) in [6.07, 6.45) is 1.89. The number of nitrogens with one attached hydrogen (secondary N) is 1. The fourth-order valence-electron chi connectivity index (χ4n) is 1.67. The van der Waals surface area contributed by atoms with Gasteiger partial charge in [0.05, 0.1) is 0 Å². The molecule has 0 amide bonds. The summed E-state index contributed by atoms with van der Waals surface area (Å²) in [5.74, 6) is -0.279. The van der Waals surface area contributed by atoms with Gasteiger partial charge >= 0.3 is 0 Å². The maximum absolute atomic E-state index is 12.9. The maximum Gasteiger partial charge on any atom is 0.124 e. The molecule has 0 spiro atoms. The Labute approximate surface area is 113 Å². The number of halogens is 2. The monoisotopic (exact) mass is 307 g/mol. The third-order valence-electron chi connectivity index (χ3n) is 2.59. The van der Waals surface area contributed by atoms with Crippen molar-refractivity contribution in [3.63, 3.8) is 0 Å². The Balaban J connectivity index is 2.09.